The number of aromatic nitrogens is 2. The molecule has 7 heteroatoms. The molecule has 0 saturated heterocycles. The van der Waals surface area contributed by atoms with Crippen molar-refractivity contribution in [1.29, 1.82) is 0 Å². The Hall–Kier alpha value is -2.96. The first-order valence-corrected chi connectivity index (χ1v) is 9.13. The monoisotopic (exact) mass is 369 g/mol. The molecule has 0 fully saturated rings. The van der Waals surface area contributed by atoms with E-state index in [4.69, 9.17) is 4.74 Å². The summed E-state index contributed by atoms with van der Waals surface area (Å²) in [6.07, 6.45) is 2.70. The van der Waals surface area contributed by atoms with Crippen molar-refractivity contribution in [2.75, 3.05) is 11.9 Å². The summed E-state index contributed by atoms with van der Waals surface area (Å²) in [5, 5.41) is 7.06. The van der Waals surface area contributed by atoms with Crippen molar-refractivity contribution in [3.05, 3.63) is 57.5 Å². The largest absolute Gasteiger partial charge is 0.462 e. The topological polar surface area (TPSA) is 90.3 Å². The van der Waals surface area contributed by atoms with Gasteiger partial charge < -0.3 is 10.1 Å². The van der Waals surface area contributed by atoms with Crippen molar-refractivity contribution in [2.45, 2.75) is 39.7 Å². The van der Waals surface area contributed by atoms with E-state index in [1.54, 1.807) is 37.3 Å². The van der Waals surface area contributed by atoms with Gasteiger partial charge in [0.1, 0.15) is 6.54 Å². The predicted molar refractivity (Wildman–Crippen MR) is 101 cm³/mol. The number of carbonyl (C=O) groups excluding carboxylic acids is 2. The Morgan fingerprint density at radius 1 is 1.33 bits per heavy atom. The number of hydrogen-bond acceptors (Lipinski definition) is 5. The highest BCUT2D eigenvalue weighted by molar-refractivity contribution is 5.94. The molecule has 27 heavy (non-hydrogen) atoms. The second kappa shape index (κ2) is 8.16. The number of aryl methyl sites for hydroxylation is 1. The predicted octanol–water partition coefficient (Wildman–Crippen LogP) is 2.18. The third-order valence-electron chi connectivity index (χ3n) is 4.56. The highest BCUT2D eigenvalue weighted by Gasteiger charge is 2.19. The molecule has 1 aliphatic carbocycles. The van der Waals surface area contributed by atoms with Crippen LogP contribution in [0.15, 0.2) is 35.1 Å². The van der Waals surface area contributed by atoms with Crippen molar-refractivity contribution in [3.8, 4) is 0 Å². The lowest BCUT2D eigenvalue weighted by Gasteiger charge is -2.20. The number of fused-ring (bicyclic) bond motifs is 1. The maximum Gasteiger partial charge on any atom is 0.338 e. The summed E-state index contributed by atoms with van der Waals surface area (Å²) in [6.45, 7) is 3.99. The fourth-order valence-corrected chi connectivity index (χ4v) is 3.20. The van der Waals surface area contributed by atoms with Crippen LogP contribution in [-0.4, -0.2) is 28.3 Å². The number of ether oxygens (including phenoxy) is 1. The Morgan fingerprint density at radius 2 is 2.15 bits per heavy atom. The first kappa shape index (κ1) is 18.8. The number of rotatable bonds is 5. The van der Waals surface area contributed by atoms with Gasteiger partial charge in [-0.05, 0) is 55.9 Å². The fourth-order valence-electron chi connectivity index (χ4n) is 3.20. The van der Waals surface area contributed by atoms with Crippen molar-refractivity contribution in [2.24, 2.45) is 5.92 Å². The highest BCUT2D eigenvalue weighted by Crippen LogP contribution is 2.22. The van der Waals surface area contributed by atoms with Crippen molar-refractivity contribution >= 4 is 17.6 Å². The molecule has 1 aromatic heterocycles. The van der Waals surface area contributed by atoms with Gasteiger partial charge in [-0.2, -0.15) is 5.10 Å². The normalized spacial score (nSPS) is 15.7. The summed E-state index contributed by atoms with van der Waals surface area (Å²) >= 11 is 0. The molecule has 1 aromatic carbocycles. The van der Waals surface area contributed by atoms with E-state index in [1.807, 2.05) is 0 Å². The summed E-state index contributed by atoms with van der Waals surface area (Å²) in [4.78, 5) is 36.4. The van der Waals surface area contributed by atoms with Crippen LogP contribution in [0.4, 0.5) is 5.69 Å². The van der Waals surface area contributed by atoms with Crippen LogP contribution in [-0.2, 0) is 28.9 Å². The lowest BCUT2D eigenvalue weighted by molar-refractivity contribution is -0.117. The van der Waals surface area contributed by atoms with Crippen molar-refractivity contribution in [1.82, 2.24) is 9.78 Å². The number of anilines is 1. The van der Waals surface area contributed by atoms with Crippen LogP contribution in [0.3, 0.4) is 0 Å². The number of amides is 1. The Labute approximate surface area is 157 Å². The molecule has 2 aromatic rings. The third kappa shape index (κ3) is 4.61. The number of esters is 1. The average Bonchev–Trinajstić information content (AvgIpc) is 2.63. The first-order valence-electron chi connectivity index (χ1n) is 9.13. The molecule has 1 amide bonds. The van der Waals surface area contributed by atoms with Crippen LogP contribution in [0.5, 0.6) is 0 Å². The Kier molecular flexibility index (Phi) is 5.69. The minimum Gasteiger partial charge on any atom is -0.462 e. The molecule has 7 nitrogen and oxygen atoms in total. The van der Waals surface area contributed by atoms with Crippen LogP contribution in [0.25, 0.3) is 0 Å². The van der Waals surface area contributed by atoms with Gasteiger partial charge in [-0.1, -0.05) is 13.0 Å². The Balaban J connectivity index is 1.71. The number of benzene rings is 1. The van der Waals surface area contributed by atoms with Gasteiger partial charge in [0.15, 0.2) is 0 Å². The lowest BCUT2D eigenvalue weighted by atomic mass is 9.88. The zero-order chi connectivity index (χ0) is 19.4. The minimum absolute atomic E-state index is 0.175. The van der Waals surface area contributed by atoms with E-state index in [-0.39, 0.29) is 24.6 Å². The Morgan fingerprint density at radius 3 is 2.93 bits per heavy atom. The van der Waals surface area contributed by atoms with Crippen LogP contribution in [0, 0.1) is 5.92 Å². The lowest BCUT2D eigenvalue weighted by Crippen LogP contribution is -2.32. The zero-order valence-electron chi connectivity index (χ0n) is 15.5. The maximum absolute atomic E-state index is 12.3. The van der Waals surface area contributed by atoms with E-state index >= 15 is 0 Å². The van der Waals surface area contributed by atoms with Crippen LogP contribution < -0.4 is 10.9 Å². The van der Waals surface area contributed by atoms with E-state index in [0.29, 0.717) is 17.2 Å². The van der Waals surface area contributed by atoms with Gasteiger partial charge in [-0.15, -0.1) is 0 Å². The summed E-state index contributed by atoms with van der Waals surface area (Å²) in [6, 6.07) is 8.08. The van der Waals surface area contributed by atoms with Gasteiger partial charge in [0, 0.05) is 11.8 Å². The van der Waals surface area contributed by atoms with Crippen molar-refractivity contribution in [3.63, 3.8) is 0 Å². The van der Waals surface area contributed by atoms with E-state index in [9.17, 15) is 14.4 Å². The van der Waals surface area contributed by atoms with E-state index in [1.165, 1.54) is 4.68 Å². The average molecular weight is 369 g/mol. The molecule has 0 bridgehead atoms. The zero-order valence-corrected chi connectivity index (χ0v) is 15.5. The second-order valence-electron chi connectivity index (χ2n) is 6.81. The number of nitrogens with zero attached hydrogens (tertiary/aromatic N) is 2. The van der Waals surface area contributed by atoms with Gasteiger partial charge in [0.05, 0.1) is 17.9 Å². The molecule has 1 atom stereocenters. The summed E-state index contributed by atoms with van der Waals surface area (Å²) in [5.41, 5.74) is 2.42. The summed E-state index contributed by atoms with van der Waals surface area (Å²) < 4.78 is 6.15. The molecule has 142 valence electrons. The maximum atomic E-state index is 12.3. The molecule has 3 rings (SSSR count). The molecule has 0 saturated carbocycles. The molecule has 1 heterocycles. The van der Waals surface area contributed by atoms with Crippen LogP contribution >= 0.6 is 0 Å². The molecular weight excluding hydrogens is 346 g/mol. The Bertz CT molecular complexity index is 920. The molecule has 0 aliphatic heterocycles. The standard InChI is InChI=1S/C20H23N3O4/c1-3-27-20(26)14-5-4-6-16(10-14)21-18(24)12-23-19(25)11-15-9-13(2)7-8-17(15)22-23/h4-6,10-11,13H,3,7-9,12H2,1-2H3,(H,21,24)/t13-/m1/s1. The number of hydrogen-bond donors (Lipinski definition) is 1. The molecular formula is C20H23N3O4. The summed E-state index contributed by atoms with van der Waals surface area (Å²) in [5.74, 6) is -0.283. The van der Waals surface area contributed by atoms with Gasteiger partial charge in [0.25, 0.3) is 5.56 Å². The van der Waals surface area contributed by atoms with Crippen LogP contribution in [0.1, 0.15) is 41.9 Å². The van der Waals surface area contributed by atoms with Crippen LogP contribution in [0.2, 0.25) is 0 Å². The molecule has 1 N–H and O–H groups in total. The number of nitrogens with one attached hydrogen (secondary N) is 1. The van der Waals surface area contributed by atoms with Gasteiger partial charge in [-0.3, -0.25) is 9.59 Å². The van der Waals surface area contributed by atoms with Gasteiger partial charge >= 0.3 is 5.97 Å². The third-order valence-corrected chi connectivity index (χ3v) is 4.56. The first-order chi connectivity index (χ1) is 13.0. The smallest absolute Gasteiger partial charge is 0.338 e. The molecule has 0 radical (unpaired) electrons. The number of carbonyl (C=O) groups is 2. The molecule has 0 spiro atoms. The fraction of sp³-hybridized carbons (Fsp3) is 0.400. The summed E-state index contributed by atoms with van der Waals surface area (Å²) in [7, 11) is 0. The van der Waals surface area contributed by atoms with Crippen molar-refractivity contribution < 1.29 is 14.3 Å². The highest BCUT2D eigenvalue weighted by atomic mass is 16.5. The van der Waals surface area contributed by atoms with E-state index < -0.39 is 5.97 Å². The van der Waals surface area contributed by atoms with Gasteiger partial charge in [0.2, 0.25) is 5.91 Å². The quantitative estimate of drug-likeness (QED) is 0.816. The van der Waals surface area contributed by atoms with E-state index in [0.717, 1.165) is 30.5 Å². The molecule has 0 unspecified atom stereocenters. The second-order valence-corrected chi connectivity index (χ2v) is 6.81. The molecule has 1 aliphatic rings. The minimum atomic E-state index is -0.449. The SMILES string of the molecule is CCOC(=O)c1cccc(NC(=O)Cn2nc3c(cc2=O)C[C@H](C)CC3)c1. The van der Waals surface area contributed by atoms with Gasteiger partial charge in [-0.25, -0.2) is 9.48 Å². The van der Waals surface area contributed by atoms with E-state index in [2.05, 4.69) is 17.3 Å².